The van der Waals surface area contributed by atoms with E-state index in [1.54, 1.807) is 0 Å². The fourth-order valence-corrected chi connectivity index (χ4v) is 4.61. The monoisotopic (exact) mass is 338 g/mol. The number of hydrogen-bond donors (Lipinski definition) is 1. The van der Waals surface area contributed by atoms with E-state index in [1.165, 1.54) is 24.8 Å². The minimum atomic E-state index is -0.104. The Hall–Kier alpha value is -2.30. The number of benzene rings is 1. The quantitative estimate of drug-likeness (QED) is 0.933. The molecule has 0 bridgehead atoms. The lowest BCUT2D eigenvalue weighted by atomic mass is 9.62. The molecule has 1 aliphatic carbocycles. The zero-order valence-corrected chi connectivity index (χ0v) is 15.0. The number of hydrogen-bond acceptors (Lipinski definition) is 2. The zero-order chi connectivity index (χ0) is 17.4. The van der Waals surface area contributed by atoms with Crippen molar-refractivity contribution in [3.05, 3.63) is 53.3 Å². The smallest absolute Gasteiger partial charge is 0.318 e. The molecule has 2 heterocycles. The van der Waals surface area contributed by atoms with Gasteiger partial charge in [0.05, 0.1) is 11.7 Å². The maximum Gasteiger partial charge on any atom is 0.318 e. The van der Waals surface area contributed by atoms with Gasteiger partial charge in [-0.3, -0.25) is 4.68 Å². The molecule has 1 saturated heterocycles. The number of carbonyl (C=O) groups is 1. The third-order valence-electron chi connectivity index (χ3n) is 6.21. The summed E-state index contributed by atoms with van der Waals surface area (Å²) in [5, 5.41) is 7.37. The van der Waals surface area contributed by atoms with Gasteiger partial charge in [0.2, 0.25) is 0 Å². The number of fused-ring (bicyclic) bond motifs is 1. The van der Waals surface area contributed by atoms with Crippen molar-refractivity contribution in [1.29, 1.82) is 0 Å². The third kappa shape index (κ3) is 2.53. The van der Waals surface area contributed by atoms with Gasteiger partial charge in [-0.05, 0) is 25.3 Å². The second-order valence-corrected chi connectivity index (χ2v) is 7.38. The normalized spacial score (nSPS) is 25.2. The van der Waals surface area contributed by atoms with Crippen molar-refractivity contribution in [3.8, 4) is 0 Å². The highest BCUT2D eigenvalue weighted by molar-refractivity contribution is 5.77. The minimum Gasteiger partial charge on any atom is -0.334 e. The van der Waals surface area contributed by atoms with E-state index in [2.05, 4.69) is 39.6 Å². The predicted octanol–water partition coefficient (Wildman–Crippen LogP) is 3.34. The van der Waals surface area contributed by atoms with E-state index in [0.29, 0.717) is 12.5 Å². The summed E-state index contributed by atoms with van der Waals surface area (Å²) in [6.45, 7) is 3.43. The molecule has 1 aromatic carbocycles. The maximum atomic E-state index is 12.9. The number of nitrogens with one attached hydrogen (secondary N) is 1. The summed E-state index contributed by atoms with van der Waals surface area (Å²) in [5.74, 6) is 0.592. The van der Waals surface area contributed by atoms with Crippen LogP contribution in [0.4, 0.5) is 4.79 Å². The average molecular weight is 338 g/mol. The standard InChI is InChI=1S/C20H26N4O/c1-15-16(13-22-23(15)2)12-21-19(25)24-14-18-10-6-7-11-20(18,24)17-8-4-3-5-9-17/h3-5,8-9,13,18H,6-7,10-12,14H2,1-2H3,(H,21,25)/t18-,20+/m0/s1. The van der Waals surface area contributed by atoms with E-state index in [0.717, 1.165) is 24.2 Å². The van der Waals surface area contributed by atoms with Crippen LogP contribution in [0.5, 0.6) is 0 Å². The van der Waals surface area contributed by atoms with Gasteiger partial charge >= 0.3 is 6.03 Å². The molecule has 2 aromatic rings. The number of urea groups is 1. The number of rotatable bonds is 3. The Bertz CT molecular complexity index is 769. The van der Waals surface area contributed by atoms with Gasteiger partial charge in [-0.2, -0.15) is 5.10 Å². The Morgan fingerprint density at radius 2 is 2.12 bits per heavy atom. The van der Waals surface area contributed by atoms with E-state index in [4.69, 9.17) is 0 Å². The summed E-state index contributed by atoms with van der Waals surface area (Å²) in [6.07, 6.45) is 6.60. The molecule has 2 atom stereocenters. The summed E-state index contributed by atoms with van der Waals surface area (Å²) in [6, 6.07) is 10.6. The Kier molecular flexibility index (Phi) is 4.02. The molecule has 2 amide bonds. The van der Waals surface area contributed by atoms with Gasteiger partial charge in [-0.1, -0.05) is 43.2 Å². The predicted molar refractivity (Wildman–Crippen MR) is 97.0 cm³/mol. The van der Waals surface area contributed by atoms with Crippen molar-refractivity contribution < 1.29 is 4.79 Å². The molecule has 0 spiro atoms. The molecule has 132 valence electrons. The highest BCUT2D eigenvalue weighted by Gasteiger charge is 2.56. The van der Waals surface area contributed by atoms with E-state index in [-0.39, 0.29) is 11.6 Å². The number of nitrogens with zero attached hydrogens (tertiary/aromatic N) is 3. The molecular weight excluding hydrogens is 312 g/mol. The van der Waals surface area contributed by atoms with E-state index < -0.39 is 0 Å². The van der Waals surface area contributed by atoms with Crippen LogP contribution in [0.2, 0.25) is 0 Å². The molecule has 4 rings (SSSR count). The fourth-order valence-electron chi connectivity index (χ4n) is 4.61. The molecule has 5 nitrogen and oxygen atoms in total. The molecule has 5 heteroatoms. The van der Waals surface area contributed by atoms with Gasteiger partial charge in [0.25, 0.3) is 0 Å². The molecule has 2 fully saturated rings. The number of aromatic nitrogens is 2. The van der Waals surface area contributed by atoms with Crippen LogP contribution in [-0.2, 0) is 19.1 Å². The molecule has 0 radical (unpaired) electrons. The van der Waals surface area contributed by atoms with E-state index >= 15 is 0 Å². The summed E-state index contributed by atoms with van der Waals surface area (Å²) in [4.78, 5) is 15.0. The van der Waals surface area contributed by atoms with Gasteiger partial charge in [0, 0.05) is 37.3 Å². The van der Waals surface area contributed by atoms with Crippen LogP contribution in [0, 0.1) is 12.8 Å². The largest absolute Gasteiger partial charge is 0.334 e. The van der Waals surface area contributed by atoms with Crippen LogP contribution >= 0.6 is 0 Å². The average Bonchev–Trinajstić information content (AvgIpc) is 2.94. The Morgan fingerprint density at radius 3 is 2.80 bits per heavy atom. The second kappa shape index (κ2) is 6.21. The number of amides is 2. The summed E-state index contributed by atoms with van der Waals surface area (Å²) in [5.41, 5.74) is 3.36. The van der Waals surface area contributed by atoms with Crippen LogP contribution < -0.4 is 5.32 Å². The van der Waals surface area contributed by atoms with Crippen LogP contribution in [0.15, 0.2) is 36.5 Å². The topological polar surface area (TPSA) is 50.2 Å². The van der Waals surface area contributed by atoms with Crippen LogP contribution in [0.3, 0.4) is 0 Å². The molecule has 2 aliphatic rings. The highest BCUT2D eigenvalue weighted by Crippen LogP contribution is 2.53. The SMILES string of the molecule is Cc1c(CNC(=O)N2C[C@@H]3CCCC[C@@]32c2ccccc2)cnn1C. The summed E-state index contributed by atoms with van der Waals surface area (Å²) in [7, 11) is 1.92. The van der Waals surface area contributed by atoms with Gasteiger partial charge in [-0.15, -0.1) is 0 Å². The lowest BCUT2D eigenvalue weighted by molar-refractivity contribution is -0.0794. The Morgan fingerprint density at radius 1 is 1.32 bits per heavy atom. The van der Waals surface area contributed by atoms with Crippen molar-refractivity contribution in [2.75, 3.05) is 6.54 Å². The Labute approximate surface area is 149 Å². The number of aryl methyl sites for hydroxylation is 1. The molecule has 1 aliphatic heterocycles. The van der Waals surface area contributed by atoms with Crippen LogP contribution in [0.1, 0.15) is 42.5 Å². The minimum absolute atomic E-state index is 0.0465. The molecule has 0 unspecified atom stereocenters. The molecule has 1 aromatic heterocycles. The van der Waals surface area contributed by atoms with Gasteiger partial charge in [-0.25, -0.2) is 4.79 Å². The number of carbonyl (C=O) groups excluding carboxylic acids is 1. The number of likely N-dealkylation sites (tertiary alicyclic amines) is 1. The van der Waals surface area contributed by atoms with Crippen LogP contribution in [0.25, 0.3) is 0 Å². The van der Waals surface area contributed by atoms with Crippen molar-refractivity contribution in [2.45, 2.75) is 44.7 Å². The zero-order valence-electron chi connectivity index (χ0n) is 15.0. The first-order chi connectivity index (χ1) is 12.1. The molecular formula is C20H26N4O. The first-order valence-electron chi connectivity index (χ1n) is 9.21. The first-order valence-corrected chi connectivity index (χ1v) is 9.21. The van der Waals surface area contributed by atoms with Gasteiger partial charge < -0.3 is 10.2 Å². The van der Waals surface area contributed by atoms with Crippen LogP contribution in [-0.4, -0.2) is 27.3 Å². The molecule has 1 N–H and O–H groups in total. The van der Waals surface area contributed by atoms with Gasteiger partial charge in [0.1, 0.15) is 0 Å². The van der Waals surface area contributed by atoms with Crippen molar-refractivity contribution in [2.24, 2.45) is 13.0 Å². The lowest BCUT2D eigenvalue weighted by Gasteiger charge is -2.61. The summed E-state index contributed by atoms with van der Waals surface area (Å²) < 4.78 is 1.84. The maximum absolute atomic E-state index is 12.9. The molecule has 1 saturated carbocycles. The first kappa shape index (κ1) is 16.2. The Balaban J connectivity index is 1.53. The van der Waals surface area contributed by atoms with Crippen molar-refractivity contribution in [1.82, 2.24) is 20.0 Å². The van der Waals surface area contributed by atoms with Gasteiger partial charge in [0.15, 0.2) is 0 Å². The summed E-state index contributed by atoms with van der Waals surface area (Å²) >= 11 is 0. The van der Waals surface area contributed by atoms with Crippen molar-refractivity contribution in [3.63, 3.8) is 0 Å². The third-order valence-corrected chi connectivity index (χ3v) is 6.21. The van der Waals surface area contributed by atoms with E-state index in [9.17, 15) is 4.79 Å². The van der Waals surface area contributed by atoms with Crippen molar-refractivity contribution >= 4 is 6.03 Å². The molecule has 25 heavy (non-hydrogen) atoms. The van der Waals surface area contributed by atoms with E-state index in [1.807, 2.05) is 30.9 Å². The second-order valence-electron chi connectivity index (χ2n) is 7.38. The fraction of sp³-hybridized carbons (Fsp3) is 0.500. The lowest BCUT2D eigenvalue weighted by Crippen LogP contribution is -2.69. The highest BCUT2D eigenvalue weighted by atomic mass is 16.2.